The number of aromatic nitrogens is 1. The summed E-state index contributed by atoms with van der Waals surface area (Å²) >= 11 is 6.14. The molecule has 2 saturated carbocycles. The number of fused-ring (bicyclic) bond motifs is 1. The second-order valence-electron chi connectivity index (χ2n) is 7.69. The minimum absolute atomic E-state index is 0. The van der Waals surface area contributed by atoms with Crippen LogP contribution in [0.5, 0.6) is 0 Å². The molecule has 2 aromatic rings. The third-order valence-corrected chi connectivity index (χ3v) is 5.16. The summed E-state index contributed by atoms with van der Waals surface area (Å²) in [5.41, 5.74) is 2.17. The van der Waals surface area contributed by atoms with Crippen LogP contribution in [-0.4, -0.2) is 43.6 Å². The first-order valence-electron chi connectivity index (χ1n) is 10.4. The summed E-state index contributed by atoms with van der Waals surface area (Å²) in [6.45, 7) is 5.11. The third-order valence-electron chi connectivity index (χ3n) is 4.93. The Kier molecular flexibility index (Phi) is 11.7. The summed E-state index contributed by atoms with van der Waals surface area (Å²) in [6.07, 6.45) is 19.6. The molecule has 1 aromatic carbocycles. The fourth-order valence-electron chi connectivity index (χ4n) is 3.61. The molecular weight excluding hydrogens is 446 g/mol. The van der Waals surface area contributed by atoms with Gasteiger partial charge in [0.25, 0.3) is 0 Å². The molecule has 2 fully saturated rings. The normalized spacial score (nSPS) is 16.9. The van der Waals surface area contributed by atoms with E-state index in [1.807, 2.05) is 50.4 Å². The van der Waals surface area contributed by atoms with Gasteiger partial charge in [0.15, 0.2) is 0 Å². The maximum atomic E-state index is 6.14. The average Bonchev–Trinajstić information content (AvgIpc) is 3.42. The van der Waals surface area contributed by atoms with Crippen LogP contribution >= 0.6 is 11.6 Å². The SMILES string of the molecule is CCCN(C[C]1[CH][CH][CH][C]1CN(C)C)c1ccnc2cc(Cl)ccc12.[CH]1[CH][CH][CH][CH]1.[Fe+2]. The van der Waals surface area contributed by atoms with Crippen molar-refractivity contribution in [3.05, 3.63) is 98.7 Å². The summed E-state index contributed by atoms with van der Waals surface area (Å²) in [5, 5.41) is 1.88. The van der Waals surface area contributed by atoms with E-state index in [1.165, 1.54) is 17.5 Å². The number of hydrogen-bond acceptors (Lipinski definition) is 3. The third kappa shape index (κ3) is 7.93. The summed E-state index contributed by atoms with van der Waals surface area (Å²) in [6, 6.07) is 8.07. The number of anilines is 1. The van der Waals surface area contributed by atoms with E-state index in [1.54, 1.807) is 0 Å². The first-order valence-corrected chi connectivity index (χ1v) is 10.8. The molecule has 0 saturated heterocycles. The van der Waals surface area contributed by atoms with E-state index in [4.69, 9.17) is 11.6 Å². The Morgan fingerprint density at radius 1 is 0.871 bits per heavy atom. The minimum Gasteiger partial charge on any atom is -0.370 e. The monoisotopic (exact) mass is 475 g/mol. The summed E-state index contributed by atoms with van der Waals surface area (Å²) in [5.74, 6) is 2.79. The van der Waals surface area contributed by atoms with E-state index >= 15 is 0 Å². The van der Waals surface area contributed by atoms with E-state index < -0.39 is 0 Å². The largest absolute Gasteiger partial charge is 2.00 e. The van der Waals surface area contributed by atoms with Gasteiger partial charge in [-0.1, -0.05) is 18.5 Å². The first kappa shape index (κ1) is 26.5. The minimum atomic E-state index is 0. The number of halogens is 1. The zero-order valence-corrected chi connectivity index (χ0v) is 20.3. The fourth-order valence-corrected chi connectivity index (χ4v) is 3.77. The molecule has 4 rings (SSSR count). The zero-order chi connectivity index (χ0) is 21.3. The van der Waals surface area contributed by atoms with Crippen molar-refractivity contribution in [1.82, 2.24) is 9.88 Å². The zero-order valence-electron chi connectivity index (χ0n) is 18.4. The molecule has 5 heteroatoms. The standard InChI is InChI=1S/C21H25ClN3.C5H5.Fe/c1-4-12-25(15-17-7-5-6-16(17)14-24(2)3)21-10-11-23-20-13-18(22)8-9-19(20)21;1-2-4-5-3-1;/h5-11,13H,4,12,14-15H2,1-3H3;1-5H;/q;;+2. The van der Waals surface area contributed by atoms with Gasteiger partial charge in [-0.15, -0.1) is 0 Å². The molecule has 0 amide bonds. The predicted molar refractivity (Wildman–Crippen MR) is 129 cm³/mol. The molecule has 1 aromatic heterocycles. The number of pyridine rings is 1. The van der Waals surface area contributed by atoms with E-state index in [-0.39, 0.29) is 17.1 Å². The Bertz CT molecular complexity index is 771. The Morgan fingerprint density at radius 2 is 1.52 bits per heavy atom. The molecule has 0 bridgehead atoms. The van der Waals surface area contributed by atoms with Crippen LogP contribution in [0.2, 0.25) is 5.02 Å². The Balaban J connectivity index is 0.000000501. The van der Waals surface area contributed by atoms with Gasteiger partial charge < -0.3 is 9.80 Å². The summed E-state index contributed by atoms with van der Waals surface area (Å²) in [7, 11) is 4.22. The molecule has 10 radical (unpaired) electrons. The smallest absolute Gasteiger partial charge is 0.370 e. The molecule has 2 aliphatic rings. The molecule has 31 heavy (non-hydrogen) atoms. The second kappa shape index (κ2) is 13.7. The van der Waals surface area contributed by atoms with E-state index in [2.05, 4.69) is 67.2 Å². The van der Waals surface area contributed by atoms with Crippen LogP contribution in [0.1, 0.15) is 13.3 Å². The van der Waals surface area contributed by atoms with Crippen molar-refractivity contribution in [2.45, 2.75) is 13.3 Å². The maximum Gasteiger partial charge on any atom is 2.00 e. The van der Waals surface area contributed by atoms with Crippen LogP contribution in [-0.2, 0) is 17.1 Å². The Labute approximate surface area is 205 Å². The van der Waals surface area contributed by atoms with Crippen LogP contribution in [0, 0.1) is 63.2 Å². The maximum absolute atomic E-state index is 6.14. The average molecular weight is 476 g/mol. The van der Waals surface area contributed by atoms with Gasteiger partial charge in [-0.25, -0.2) is 0 Å². The van der Waals surface area contributed by atoms with Crippen molar-refractivity contribution in [3.63, 3.8) is 0 Å². The van der Waals surface area contributed by atoms with Crippen LogP contribution in [0.15, 0.2) is 30.5 Å². The number of nitrogens with zero attached hydrogens (tertiary/aromatic N) is 3. The van der Waals surface area contributed by atoms with Gasteiger partial charge in [0.1, 0.15) is 0 Å². The first-order chi connectivity index (χ1) is 14.6. The van der Waals surface area contributed by atoms with E-state index in [9.17, 15) is 0 Å². The molecule has 3 nitrogen and oxygen atoms in total. The van der Waals surface area contributed by atoms with Gasteiger partial charge in [0, 0.05) is 53.8 Å². The van der Waals surface area contributed by atoms with Crippen LogP contribution in [0.4, 0.5) is 5.69 Å². The van der Waals surface area contributed by atoms with Crippen LogP contribution < -0.4 is 4.90 Å². The topological polar surface area (TPSA) is 19.4 Å². The number of benzene rings is 1. The van der Waals surface area contributed by atoms with Gasteiger partial charge in [-0.2, -0.15) is 0 Å². The van der Waals surface area contributed by atoms with Crippen LogP contribution in [0.3, 0.4) is 0 Å². The van der Waals surface area contributed by atoms with E-state index in [0.29, 0.717) is 0 Å². The number of hydrogen-bond donors (Lipinski definition) is 0. The van der Waals surface area contributed by atoms with Gasteiger partial charge in [-0.05, 0) is 96.1 Å². The Hall–Kier alpha value is -0.801. The van der Waals surface area contributed by atoms with Crippen molar-refractivity contribution >= 4 is 28.2 Å². The van der Waals surface area contributed by atoms with Crippen LogP contribution in [0.25, 0.3) is 10.9 Å². The molecular formula is C26H30ClFeN3+2. The summed E-state index contributed by atoms with van der Waals surface area (Å²) < 4.78 is 0. The molecule has 0 N–H and O–H groups in total. The summed E-state index contributed by atoms with van der Waals surface area (Å²) in [4.78, 5) is 9.15. The fraction of sp³-hybridized carbons (Fsp3) is 0.269. The van der Waals surface area contributed by atoms with Crippen molar-refractivity contribution in [1.29, 1.82) is 0 Å². The van der Waals surface area contributed by atoms with Gasteiger partial charge in [0.2, 0.25) is 0 Å². The van der Waals surface area contributed by atoms with Crippen molar-refractivity contribution in [2.75, 3.05) is 38.6 Å². The molecule has 0 aliphatic heterocycles. The second-order valence-corrected chi connectivity index (χ2v) is 8.13. The van der Waals surface area contributed by atoms with Crippen molar-refractivity contribution in [3.8, 4) is 0 Å². The van der Waals surface area contributed by atoms with Gasteiger partial charge in [-0.3, -0.25) is 4.98 Å². The molecule has 162 valence electrons. The molecule has 2 aliphatic carbocycles. The van der Waals surface area contributed by atoms with E-state index in [0.717, 1.165) is 42.0 Å². The van der Waals surface area contributed by atoms with Gasteiger partial charge >= 0.3 is 17.1 Å². The predicted octanol–water partition coefficient (Wildman–Crippen LogP) is 5.46. The number of rotatable bonds is 7. The molecule has 0 spiro atoms. The molecule has 0 unspecified atom stereocenters. The molecule has 1 heterocycles. The Morgan fingerprint density at radius 3 is 2.13 bits per heavy atom. The van der Waals surface area contributed by atoms with Crippen molar-refractivity contribution in [2.24, 2.45) is 0 Å². The molecule has 0 atom stereocenters. The van der Waals surface area contributed by atoms with Gasteiger partial charge in [0.05, 0.1) is 5.52 Å². The van der Waals surface area contributed by atoms with Crippen molar-refractivity contribution < 1.29 is 17.1 Å². The quantitative estimate of drug-likeness (QED) is 0.496.